The molecule has 0 saturated carbocycles. The van der Waals surface area contributed by atoms with E-state index in [0.717, 1.165) is 54.3 Å². The molecule has 0 fully saturated rings. The fourth-order valence-electron chi connectivity index (χ4n) is 3.52. The molecule has 13 heteroatoms. The largest absolute Gasteiger partial charge is 0.480 e. The van der Waals surface area contributed by atoms with Gasteiger partial charge in [0, 0.05) is 30.6 Å². The third-order valence-corrected chi connectivity index (χ3v) is 6.51. The maximum atomic E-state index is 14.1. The summed E-state index contributed by atoms with van der Waals surface area (Å²) in [5.41, 5.74) is 0.382. The molecule has 7 nitrogen and oxygen atoms in total. The van der Waals surface area contributed by atoms with Crippen molar-refractivity contribution in [2.24, 2.45) is 0 Å². The Labute approximate surface area is 196 Å². The molecular formula is C22H18F5N3O4S. The minimum Gasteiger partial charge on any atom is -0.480 e. The van der Waals surface area contributed by atoms with Crippen LogP contribution in [0.5, 0.6) is 5.75 Å². The highest BCUT2D eigenvalue weighted by Gasteiger charge is 2.39. The lowest BCUT2D eigenvalue weighted by Crippen LogP contribution is -2.33. The summed E-state index contributed by atoms with van der Waals surface area (Å²) in [6, 6.07) is 5.90. The van der Waals surface area contributed by atoms with Crippen molar-refractivity contribution in [3.63, 3.8) is 0 Å². The summed E-state index contributed by atoms with van der Waals surface area (Å²) in [6.45, 7) is 0.636. The molecule has 4 rings (SSSR count). The summed E-state index contributed by atoms with van der Waals surface area (Å²) in [5.74, 6) is -2.58. The normalized spacial score (nSPS) is 14.7. The molecule has 0 aliphatic carbocycles. The molecule has 0 bridgehead atoms. The van der Waals surface area contributed by atoms with Gasteiger partial charge in [0.1, 0.15) is 23.1 Å². The average Bonchev–Trinajstić information content (AvgIpc) is 3.33. The molecule has 3 aromatic rings. The van der Waals surface area contributed by atoms with E-state index in [9.17, 15) is 35.2 Å². The Balaban J connectivity index is 1.63. The van der Waals surface area contributed by atoms with Crippen molar-refractivity contribution in [2.45, 2.75) is 37.2 Å². The number of ether oxygens (including phenoxy) is 1. The van der Waals surface area contributed by atoms with Crippen molar-refractivity contribution in [1.82, 2.24) is 14.7 Å². The lowest BCUT2D eigenvalue weighted by atomic mass is 10.1. The molecule has 0 N–H and O–H groups in total. The van der Waals surface area contributed by atoms with Gasteiger partial charge in [0.15, 0.2) is 15.9 Å². The molecule has 186 valence electrons. The second-order valence-electron chi connectivity index (χ2n) is 8.03. The van der Waals surface area contributed by atoms with Crippen LogP contribution in [0.3, 0.4) is 0 Å². The Hall–Kier alpha value is -3.48. The standard InChI is InChI=1S/C22H18F5N3O4S/c1-12(22(25,26)27)34-20-6-4-15(35(2,32)33)8-16(20)21(31)29-9-13-10-30(28-18(13)11-29)19-7-14(23)3-5-17(19)24/h3-8,10,12H,9,11H2,1-2H3. The number of nitrogens with zero attached hydrogens (tertiary/aromatic N) is 3. The molecule has 2 aromatic carbocycles. The van der Waals surface area contributed by atoms with Crippen LogP contribution in [0.4, 0.5) is 22.0 Å². The van der Waals surface area contributed by atoms with Crippen LogP contribution in [0.1, 0.15) is 28.5 Å². The third kappa shape index (κ3) is 4.99. The highest BCUT2D eigenvalue weighted by atomic mass is 32.2. The minimum absolute atomic E-state index is 0.0392. The predicted molar refractivity (Wildman–Crippen MR) is 113 cm³/mol. The first-order chi connectivity index (χ1) is 16.2. The van der Waals surface area contributed by atoms with Gasteiger partial charge >= 0.3 is 6.18 Å². The van der Waals surface area contributed by atoms with Gasteiger partial charge < -0.3 is 9.64 Å². The van der Waals surface area contributed by atoms with Crippen molar-refractivity contribution in [2.75, 3.05) is 6.26 Å². The second kappa shape index (κ2) is 8.63. The Bertz CT molecular complexity index is 1400. The number of halogens is 5. The van der Waals surface area contributed by atoms with Gasteiger partial charge in [0.2, 0.25) is 0 Å². The Kier molecular flexibility index (Phi) is 6.07. The second-order valence-corrected chi connectivity index (χ2v) is 10.1. The highest BCUT2D eigenvalue weighted by Crippen LogP contribution is 2.32. The molecule has 1 amide bonds. The zero-order chi connectivity index (χ0) is 25.7. The summed E-state index contributed by atoms with van der Waals surface area (Å²) in [4.78, 5) is 14.2. The maximum absolute atomic E-state index is 14.1. The van der Waals surface area contributed by atoms with Gasteiger partial charge in [-0.3, -0.25) is 4.79 Å². The number of benzene rings is 2. The quantitative estimate of drug-likeness (QED) is 0.480. The molecule has 1 aliphatic rings. The van der Waals surface area contributed by atoms with Crippen molar-refractivity contribution < 1.29 is 39.9 Å². The Morgan fingerprint density at radius 3 is 2.46 bits per heavy atom. The smallest absolute Gasteiger partial charge is 0.425 e. The number of fused-ring (bicyclic) bond motifs is 1. The average molecular weight is 515 g/mol. The maximum Gasteiger partial charge on any atom is 0.425 e. The molecule has 2 heterocycles. The number of carbonyl (C=O) groups is 1. The summed E-state index contributed by atoms with van der Waals surface area (Å²) in [6.07, 6.45) is -4.65. The Morgan fingerprint density at radius 2 is 1.83 bits per heavy atom. The topological polar surface area (TPSA) is 81.5 Å². The van der Waals surface area contributed by atoms with E-state index in [-0.39, 0.29) is 29.2 Å². The number of amides is 1. The summed E-state index contributed by atoms with van der Waals surface area (Å²) in [7, 11) is -3.77. The van der Waals surface area contributed by atoms with Crippen molar-refractivity contribution >= 4 is 15.7 Å². The lowest BCUT2D eigenvalue weighted by molar-refractivity contribution is -0.189. The molecule has 0 saturated heterocycles. The molecular weight excluding hydrogens is 497 g/mol. The first-order valence-electron chi connectivity index (χ1n) is 10.1. The van der Waals surface area contributed by atoms with Gasteiger partial charge in [-0.15, -0.1) is 0 Å². The molecule has 1 unspecified atom stereocenters. The fraction of sp³-hybridized carbons (Fsp3) is 0.273. The van der Waals surface area contributed by atoms with E-state index < -0.39 is 45.4 Å². The van der Waals surface area contributed by atoms with Gasteiger partial charge in [-0.1, -0.05) is 0 Å². The van der Waals surface area contributed by atoms with Crippen molar-refractivity contribution in [3.05, 3.63) is 71.1 Å². The number of hydrogen-bond donors (Lipinski definition) is 0. The van der Waals surface area contributed by atoms with Crippen LogP contribution in [0.25, 0.3) is 5.69 Å². The van der Waals surface area contributed by atoms with E-state index in [0.29, 0.717) is 11.3 Å². The number of alkyl halides is 3. The highest BCUT2D eigenvalue weighted by molar-refractivity contribution is 7.90. The number of aromatic nitrogens is 2. The first-order valence-corrected chi connectivity index (χ1v) is 12.0. The van der Waals surface area contributed by atoms with Gasteiger partial charge in [0.05, 0.1) is 22.7 Å². The summed E-state index contributed by atoms with van der Waals surface area (Å²) < 4.78 is 96.7. The fourth-order valence-corrected chi connectivity index (χ4v) is 4.17. The number of hydrogen-bond acceptors (Lipinski definition) is 5. The monoisotopic (exact) mass is 515 g/mol. The molecule has 35 heavy (non-hydrogen) atoms. The molecule has 1 atom stereocenters. The zero-order valence-electron chi connectivity index (χ0n) is 18.3. The molecule has 0 radical (unpaired) electrons. The first kappa shape index (κ1) is 24.6. The van der Waals surface area contributed by atoms with Gasteiger partial charge in [-0.2, -0.15) is 18.3 Å². The van der Waals surface area contributed by atoms with Gasteiger partial charge in [-0.25, -0.2) is 21.9 Å². The Morgan fingerprint density at radius 1 is 1.11 bits per heavy atom. The van der Waals surface area contributed by atoms with E-state index in [1.54, 1.807) is 0 Å². The van der Waals surface area contributed by atoms with E-state index in [2.05, 4.69) is 5.10 Å². The van der Waals surface area contributed by atoms with Crippen LogP contribution in [-0.4, -0.2) is 47.5 Å². The van der Waals surface area contributed by atoms with E-state index in [4.69, 9.17) is 4.74 Å². The third-order valence-electron chi connectivity index (χ3n) is 5.40. The van der Waals surface area contributed by atoms with Crippen LogP contribution < -0.4 is 4.74 Å². The van der Waals surface area contributed by atoms with E-state index >= 15 is 0 Å². The molecule has 0 spiro atoms. The molecule has 1 aliphatic heterocycles. The van der Waals surface area contributed by atoms with Crippen LogP contribution in [-0.2, 0) is 22.9 Å². The minimum atomic E-state index is -4.71. The van der Waals surface area contributed by atoms with Gasteiger partial charge in [-0.05, 0) is 37.3 Å². The van der Waals surface area contributed by atoms with Crippen LogP contribution in [0, 0.1) is 11.6 Å². The van der Waals surface area contributed by atoms with Crippen molar-refractivity contribution in [1.29, 1.82) is 0 Å². The summed E-state index contributed by atoms with van der Waals surface area (Å²) in [5, 5.41) is 4.19. The number of sulfone groups is 1. The van der Waals surface area contributed by atoms with E-state index in [1.165, 1.54) is 11.1 Å². The predicted octanol–water partition coefficient (Wildman–Crippen LogP) is 4.04. The zero-order valence-corrected chi connectivity index (χ0v) is 19.1. The lowest BCUT2D eigenvalue weighted by Gasteiger charge is -2.22. The van der Waals surface area contributed by atoms with Crippen LogP contribution >= 0.6 is 0 Å². The van der Waals surface area contributed by atoms with Crippen molar-refractivity contribution in [3.8, 4) is 11.4 Å². The number of rotatable bonds is 5. The number of carbonyl (C=O) groups excluding carboxylic acids is 1. The summed E-state index contributed by atoms with van der Waals surface area (Å²) >= 11 is 0. The molecule has 1 aromatic heterocycles. The van der Waals surface area contributed by atoms with E-state index in [1.807, 2.05) is 0 Å². The van der Waals surface area contributed by atoms with Crippen LogP contribution in [0.15, 0.2) is 47.5 Å². The van der Waals surface area contributed by atoms with Crippen LogP contribution in [0.2, 0.25) is 0 Å². The van der Waals surface area contributed by atoms with Gasteiger partial charge in [0.25, 0.3) is 5.91 Å². The SMILES string of the molecule is CC(Oc1ccc(S(C)(=O)=O)cc1C(=O)N1Cc2cn(-c3cc(F)ccc3F)nc2C1)C(F)(F)F.